The first-order valence-electron chi connectivity index (χ1n) is 8.14. The minimum Gasteiger partial charge on any atom is -0.484 e. The highest BCUT2D eigenvalue weighted by Crippen LogP contribution is 2.21. The number of benzene rings is 2. The van der Waals surface area contributed by atoms with Crippen molar-refractivity contribution < 1.29 is 9.53 Å². The average Bonchev–Trinajstić information content (AvgIpc) is 3.04. The van der Waals surface area contributed by atoms with Gasteiger partial charge in [0.15, 0.2) is 6.61 Å². The standard InChI is InChI=1S/C20H21N3O2/c1-15-7-6-8-16(13-15)19(20-21-11-12-23(20)2)22-18(24)14-25-17-9-4-3-5-10-17/h3-13,19H,14H2,1-2H3,(H,22,24). The Bertz CT molecular complexity index is 843. The highest BCUT2D eigenvalue weighted by molar-refractivity contribution is 5.78. The summed E-state index contributed by atoms with van der Waals surface area (Å²) in [5.74, 6) is 1.25. The molecule has 0 aliphatic rings. The Morgan fingerprint density at radius 3 is 2.68 bits per heavy atom. The maximum Gasteiger partial charge on any atom is 0.258 e. The Morgan fingerprint density at radius 2 is 2.00 bits per heavy atom. The number of aryl methyl sites for hydroxylation is 2. The van der Waals surface area contributed by atoms with Crippen molar-refractivity contribution in [2.24, 2.45) is 7.05 Å². The third-order valence-electron chi connectivity index (χ3n) is 3.91. The summed E-state index contributed by atoms with van der Waals surface area (Å²) >= 11 is 0. The van der Waals surface area contributed by atoms with Gasteiger partial charge in [-0.3, -0.25) is 4.79 Å². The van der Waals surface area contributed by atoms with E-state index < -0.39 is 0 Å². The number of nitrogens with zero attached hydrogens (tertiary/aromatic N) is 2. The van der Waals surface area contributed by atoms with Gasteiger partial charge >= 0.3 is 0 Å². The van der Waals surface area contributed by atoms with Gasteiger partial charge in [-0.1, -0.05) is 48.0 Å². The molecule has 5 nitrogen and oxygen atoms in total. The van der Waals surface area contributed by atoms with Crippen LogP contribution in [0.25, 0.3) is 0 Å². The van der Waals surface area contributed by atoms with Gasteiger partial charge in [0.2, 0.25) is 0 Å². The predicted molar refractivity (Wildman–Crippen MR) is 96.3 cm³/mol. The first-order chi connectivity index (χ1) is 12.1. The van der Waals surface area contributed by atoms with Gasteiger partial charge in [-0.25, -0.2) is 4.98 Å². The van der Waals surface area contributed by atoms with Crippen molar-refractivity contribution in [2.45, 2.75) is 13.0 Å². The van der Waals surface area contributed by atoms with E-state index in [2.05, 4.69) is 16.4 Å². The molecule has 0 aliphatic carbocycles. The number of carbonyl (C=O) groups excluding carboxylic acids is 1. The molecule has 0 bridgehead atoms. The molecule has 0 saturated heterocycles. The fourth-order valence-electron chi connectivity index (χ4n) is 2.67. The zero-order valence-electron chi connectivity index (χ0n) is 14.3. The molecule has 2 aromatic carbocycles. The van der Waals surface area contributed by atoms with E-state index in [0.29, 0.717) is 5.75 Å². The number of carbonyl (C=O) groups is 1. The number of amides is 1. The van der Waals surface area contributed by atoms with E-state index in [-0.39, 0.29) is 18.6 Å². The normalized spacial score (nSPS) is 11.8. The number of para-hydroxylation sites is 1. The molecule has 3 rings (SSSR count). The lowest BCUT2D eigenvalue weighted by atomic mass is 10.0. The molecular weight excluding hydrogens is 314 g/mol. The summed E-state index contributed by atoms with van der Waals surface area (Å²) in [4.78, 5) is 16.8. The Balaban J connectivity index is 1.76. The van der Waals surface area contributed by atoms with Gasteiger partial charge in [-0.2, -0.15) is 0 Å². The topological polar surface area (TPSA) is 56.1 Å². The third-order valence-corrected chi connectivity index (χ3v) is 3.91. The van der Waals surface area contributed by atoms with E-state index in [4.69, 9.17) is 4.74 Å². The summed E-state index contributed by atoms with van der Waals surface area (Å²) in [5, 5.41) is 3.03. The van der Waals surface area contributed by atoms with Crippen molar-refractivity contribution in [3.8, 4) is 5.75 Å². The van der Waals surface area contributed by atoms with Crippen molar-refractivity contribution in [3.05, 3.63) is 83.9 Å². The minimum absolute atomic E-state index is 0.0449. The van der Waals surface area contributed by atoms with Gasteiger partial charge in [0.1, 0.15) is 17.6 Å². The first kappa shape index (κ1) is 16.8. The van der Waals surface area contributed by atoms with Crippen LogP contribution in [0.15, 0.2) is 67.0 Å². The summed E-state index contributed by atoms with van der Waals surface area (Å²) in [6.45, 7) is 1.98. The maximum absolute atomic E-state index is 12.4. The Labute approximate surface area is 147 Å². The van der Waals surface area contributed by atoms with Gasteiger partial charge in [0, 0.05) is 19.4 Å². The molecule has 0 spiro atoms. The van der Waals surface area contributed by atoms with Crippen LogP contribution in [0, 0.1) is 6.92 Å². The van der Waals surface area contributed by atoms with Crippen LogP contribution in [0.5, 0.6) is 5.75 Å². The minimum atomic E-state index is -0.327. The highest BCUT2D eigenvalue weighted by atomic mass is 16.5. The molecule has 0 fully saturated rings. The van der Waals surface area contributed by atoms with Crippen molar-refractivity contribution in [1.29, 1.82) is 0 Å². The Hall–Kier alpha value is -3.08. The number of imidazole rings is 1. The third kappa shape index (κ3) is 4.26. The molecule has 1 amide bonds. The van der Waals surface area contributed by atoms with Crippen LogP contribution in [0.3, 0.4) is 0 Å². The quantitative estimate of drug-likeness (QED) is 0.753. The fourth-order valence-corrected chi connectivity index (χ4v) is 2.67. The first-order valence-corrected chi connectivity index (χ1v) is 8.14. The molecule has 0 aliphatic heterocycles. The smallest absolute Gasteiger partial charge is 0.258 e. The molecule has 1 heterocycles. The summed E-state index contributed by atoms with van der Waals surface area (Å²) in [7, 11) is 1.91. The number of nitrogens with one attached hydrogen (secondary N) is 1. The van der Waals surface area contributed by atoms with E-state index in [1.807, 2.05) is 73.3 Å². The second-order valence-corrected chi connectivity index (χ2v) is 5.91. The van der Waals surface area contributed by atoms with Gasteiger partial charge in [0.25, 0.3) is 5.91 Å². The molecular formula is C20H21N3O2. The number of hydrogen-bond acceptors (Lipinski definition) is 3. The van der Waals surface area contributed by atoms with Gasteiger partial charge in [0.05, 0.1) is 0 Å². The maximum atomic E-state index is 12.4. The zero-order chi connectivity index (χ0) is 17.6. The number of hydrogen-bond donors (Lipinski definition) is 1. The summed E-state index contributed by atoms with van der Waals surface area (Å²) in [6.07, 6.45) is 3.59. The van der Waals surface area contributed by atoms with Crippen LogP contribution in [-0.4, -0.2) is 22.1 Å². The SMILES string of the molecule is Cc1cccc(C(NC(=O)COc2ccccc2)c2nccn2C)c1. The lowest BCUT2D eigenvalue weighted by Gasteiger charge is -2.19. The van der Waals surface area contributed by atoms with Crippen LogP contribution >= 0.6 is 0 Å². The zero-order valence-corrected chi connectivity index (χ0v) is 14.3. The van der Waals surface area contributed by atoms with E-state index >= 15 is 0 Å². The molecule has 1 atom stereocenters. The van der Waals surface area contributed by atoms with E-state index in [1.165, 1.54) is 0 Å². The molecule has 3 aromatic rings. The largest absolute Gasteiger partial charge is 0.484 e. The molecule has 0 saturated carbocycles. The second kappa shape index (κ2) is 7.66. The van der Waals surface area contributed by atoms with Crippen molar-refractivity contribution >= 4 is 5.91 Å². The molecule has 1 aromatic heterocycles. The van der Waals surface area contributed by atoms with Crippen LogP contribution in [-0.2, 0) is 11.8 Å². The summed E-state index contributed by atoms with van der Waals surface area (Å²) in [5.41, 5.74) is 2.12. The number of rotatable bonds is 6. The summed E-state index contributed by atoms with van der Waals surface area (Å²) in [6, 6.07) is 17.0. The molecule has 1 N–H and O–H groups in total. The molecule has 1 unspecified atom stereocenters. The number of ether oxygens (including phenoxy) is 1. The molecule has 5 heteroatoms. The van der Waals surface area contributed by atoms with Gasteiger partial charge in [-0.05, 0) is 24.6 Å². The van der Waals surface area contributed by atoms with Crippen molar-refractivity contribution in [1.82, 2.24) is 14.9 Å². The fraction of sp³-hybridized carbons (Fsp3) is 0.200. The molecule has 128 valence electrons. The van der Waals surface area contributed by atoms with Crippen molar-refractivity contribution in [3.63, 3.8) is 0 Å². The Kier molecular flexibility index (Phi) is 5.14. The summed E-state index contributed by atoms with van der Waals surface area (Å²) < 4.78 is 7.44. The average molecular weight is 335 g/mol. The van der Waals surface area contributed by atoms with Gasteiger partial charge in [-0.15, -0.1) is 0 Å². The lowest BCUT2D eigenvalue weighted by Crippen LogP contribution is -2.34. The highest BCUT2D eigenvalue weighted by Gasteiger charge is 2.21. The van der Waals surface area contributed by atoms with Crippen molar-refractivity contribution in [2.75, 3.05) is 6.61 Å². The van der Waals surface area contributed by atoms with Gasteiger partial charge < -0.3 is 14.6 Å². The lowest BCUT2D eigenvalue weighted by molar-refractivity contribution is -0.123. The van der Waals surface area contributed by atoms with E-state index in [1.54, 1.807) is 6.20 Å². The second-order valence-electron chi connectivity index (χ2n) is 5.91. The molecule has 25 heavy (non-hydrogen) atoms. The monoisotopic (exact) mass is 335 g/mol. The predicted octanol–water partition coefficient (Wildman–Crippen LogP) is 3.01. The van der Waals surface area contributed by atoms with Crippen LogP contribution in [0.4, 0.5) is 0 Å². The number of aromatic nitrogens is 2. The van der Waals surface area contributed by atoms with Crippen LogP contribution in [0.2, 0.25) is 0 Å². The Morgan fingerprint density at radius 1 is 1.20 bits per heavy atom. The van der Waals surface area contributed by atoms with E-state index in [9.17, 15) is 4.79 Å². The van der Waals surface area contributed by atoms with E-state index in [0.717, 1.165) is 17.0 Å². The van der Waals surface area contributed by atoms with Crippen LogP contribution in [0.1, 0.15) is 23.0 Å². The van der Waals surface area contributed by atoms with Crippen LogP contribution < -0.4 is 10.1 Å². The molecule has 0 radical (unpaired) electrons.